The number of aromatic nitrogens is 2. The summed E-state index contributed by atoms with van der Waals surface area (Å²) in [5, 5.41) is 6.30. The molecule has 1 heterocycles. The molecule has 2 aromatic carbocycles. The first-order chi connectivity index (χ1) is 14.1. The first kappa shape index (κ1) is 20.8. The minimum Gasteiger partial charge on any atom is -0.366 e. The van der Waals surface area contributed by atoms with Crippen LogP contribution in [0.2, 0.25) is 0 Å². The van der Waals surface area contributed by atoms with Gasteiger partial charge >= 0.3 is 6.18 Å². The summed E-state index contributed by atoms with van der Waals surface area (Å²) in [6.45, 7) is 1.41. The summed E-state index contributed by atoms with van der Waals surface area (Å²) in [4.78, 5) is 35.9. The van der Waals surface area contributed by atoms with Crippen molar-refractivity contribution < 1.29 is 22.8 Å². The number of nitrogens with zero attached hydrogens (tertiary/aromatic N) is 2. The van der Waals surface area contributed by atoms with Crippen LogP contribution < -0.4 is 16.5 Å². The Morgan fingerprint density at radius 1 is 1.07 bits per heavy atom. The molecule has 0 spiro atoms. The van der Waals surface area contributed by atoms with E-state index in [-0.39, 0.29) is 22.6 Å². The van der Waals surface area contributed by atoms with Crippen molar-refractivity contribution in [3.63, 3.8) is 0 Å². The van der Waals surface area contributed by atoms with Gasteiger partial charge in [0.25, 0.3) is 5.91 Å². The molecular weight excluding hydrogens is 401 g/mol. The van der Waals surface area contributed by atoms with Crippen LogP contribution >= 0.6 is 0 Å². The third-order valence-corrected chi connectivity index (χ3v) is 4.19. The molecule has 0 aliphatic carbocycles. The maximum absolute atomic E-state index is 13.4. The van der Waals surface area contributed by atoms with E-state index in [1.807, 2.05) is 0 Å². The smallest absolute Gasteiger partial charge is 0.366 e. The fourth-order valence-electron chi connectivity index (χ4n) is 2.75. The normalized spacial score (nSPS) is 11.2. The molecule has 0 aliphatic heterocycles. The number of primary amides is 1. The number of nitrogens with two attached hydrogens (primary N) is 1. The van der Waals surface area contributed by atoms with E-state index < -0.39 is 34.7 Å². The van der Waals surface area contributed by atoms with Crippen molar-refractivity contribution >= 4 is 17.5 Å². The maximum Gasteiger partial charge on any atom is 0.418 e. The highest BCUT2D eigenvalue weighted by atomic mass is 19.4. The van der Waals surface area contributed by atoms with Crippen molar-refractivity contribution in [2.24, 2.45) is 5.73 Å². The molecule has 0 bridgehead atoms. The van der Waals surface area contributed by atoms with Crippen LogP contribution in [-0.4, -0.2) is 21.6 Å². The number of hydrogen-bond acceptors (Lipinski definition) is 4. The topological polar surface area (TPSA) is 107 Å². The Kier molecular flexibility index (Phi) is 5.41. The molecule has 1 aromatic heterocycles. The average molecular weight is 416 g/mol. The molecule has 3 N–H and O–H groups in total. The first-order valence-corrected chi connectivity index (χ1v) is 8.56. The Labute approximate surface area is 167 Å². The number of benzene rings is 2. The van der Waals surface area contributed by atoms with Gasteiger partial charge in [0.05, 0.1) is 11.3 Å². The minimum absolute atomic E-state index is 0.124. The quantitative estimate of drug-likeness (QED) is 0.682. The molecule has 0 unspecified atom stereocenters. The predicted molar refractivity (Wildman–Crippen MR) is 102 cm³/mol. The van der Waals surface area contributed by atoms with Crippen LogP contribution in [0.4, 0.5) is 18.9 Å². The molecule has 0 saturated carbocycles. The average Bonchev–Trinajstić information content (AvgIpc) is 2.67. The molecule has 0 radical (unpaired) electrons. The molecule has 30 heavy (non-hydrogen) atoms. The summed E-state index contributed by atoms with van der Waals surface area (Å²) in [5.74, 6) is -1.57. The number of carbonyl (C=O) groups excluding carboxylic acids is 2. The first-order valence-electron chi connectivity index (χ1n) is 8.56. The number of halogens is 3. The van der Waals surface area contributed by atoms with Gasteiger partial charge in [0.15, 0.2) is 5.69 Å². The molecule has 2 amide bonds. The van der Waals surface area contributed by atoms with E-state index in [2.05, 4.69) is 10.4 Å². The van der Waals surface area contributed by atoms with Gasteiger partial charge in [-0.2, -0.15) is 18.3 Å². The van der Waals surface area contributed by atoms with E-state index in [1.54, 1.807) is 0 Å². The van der Waals surface area contributed by atoms with Gasteiger partial charge in [-0.3, -0.25) is 14.4 Å². The third kappa shape index (κ3) is 4.22. The van der Waals surface area contributed by atoms with Crippen LogP contribution in [-0.2, 0) is 6.18 Å². The summed E-state index contributed by atoms with van der Waals surface area (Å²) in [5.41, 5.74) is 3.11. The largest absolute Gasteiger partial charge is 0.418 e. The van der Waals surface area contributed by atoms with Gasteiger partial charge in [0, 0.05) is 23.0 Å². The predicted octanol–water partition coefficient (Wildman–Crippen LogP) is 2.91. The molecule has 3 aromatic rings. The standard InChI is InChI=1S/C20H15F3N4O3/c1-11-10-16(28)17(19(30)25-13-8-6-12(7-9-13)18(24)29)26-27(11)15-5-3-2-4-14(15)20(21,22)23/h2-10H,1H3,(H2,24,29)(H,25,30). The molecular formula is C20H15F3N4O3. The highest BCUT2D eigenvalue weighted by Gasteiger charge is 2.34. The number of nitrogens with one attached hydrogen (secondary N) is 1. The molecule has 154 valence electrons. The summed E-state index contributed by atoms with van der Waals surface area (Å²) in [6.07, 6.45) is -4.65. The molecule has 0 fully saturated rings. The van der Waals surface area contributed by atoms with Crippen LogP contribution in [0.15, 0.2) is 59.4 Å². The number of rotatable bonds is 4. The van der Waals surface area contributed by atoms with Crippen LogP contribution in [0.3, 0.4) is 0 Å². The van der Waals surface area contributed by atoms with Crippen molar-refractivity contribution in [1.29, 1.82) is 0 Å². The van der Waals surface area contributed by atoms with E-state index in [9.17, 15) is 27.6 Å². The van der Waals surface area contributed by atoms with Crippen LogP contribution in [0.5, 0.6) is 0 Å². The number of alkyl halides is 3. The maximum atomic E-state index is 13.4. The van der Waals surface area contributed by atoms with Crippen molar-refractivity contribution in [2.45, 2.75) is 13.1 Å². The van der Waals surface area contributed by atoms with Gasteiger partial charge in [-0.25, -0.2) is 4.68 Å². The molecule has 0 aliphatic rings. The van der Waals surface area contributed by atoms with Gasteiger partial charge in [-0.05, 0) is 43.3 Å². The van der Waals surface area contributed by atoms with E-state index in [4.69, 9.17) is 5.73 Å². The van der Waals surface area contributed by atoms with Gasteiger partial charge in [-0.1, -0.05) is 12.1 Å². The zero-order valence-corrected chi connectivity index (χ0v) is 15.5. The van der Waals surface area contributed by atoms with Crippen LogP contribution in [0.25, 0.3) is 5.69 Å². The van der Waals surface area contributed by atoms with Crippen molar-refractivity contribution in [3.05, 3.63) is 87.3 Å². The van der Waals surface area contributed by atoms with E-state index >= 15 is 0 Å². The number of aryl methyl sites for hydroxylation is 1. The van der Waals surface area contributed by atoms with Crippen molar-refractivity contribution in [1.82, 2.24) is 9.78 Å². The Hall–Kier alpha value is -3.95. The Morgan fingerprint density at radius 2 is 1.70 bits per heavy atom. The lowest BCUT2D eigenvalue weighted by Crippen LogP contribution is -2.27. The SMILES string of the molecule is Cc1cc(=O)c(C(=O)Nc2ccc(C(N)=O)cc2)nn1-c1ccccc1C(F)(F)F. The molecule has 0 saturated heterocycles. The third-order valence-electron chi connectivity index (χ3n) is 4.19. The van der Waals surface area contributed by atoms with Gasteiger partial charge in [0.2, 0.25) is 11.3 Å². The number of carbonyl (C=O) groups is 2. The Bertz CT molecular complexity index is 1190. The lowest BCUT2D eigenvalue weighted by molar-refractivity contribution is -0.137. The van der Waals surface area contributed by atoms with Gasteiger partial charge < -0.3 is 11.1 Å². The fraction of sp³-hybridized carbons (Fsp3) is 0.100. The molecule has 10 heteroatoms. The van der Waals surface area contributed by atoms with Crippen molar-refractivity contribution in [2.75, 3.05) is 5.32 Å². The summed E-state index contributed by atoms with van der Waals surface area (Å²) >= 11 is 0. The van der Waals surface area contributed by atoms with Crippen molar-refractivity contribution in [3.8, 4) is 5.69 Å². The number of para-hydroxylation sites is 1. The van der Waals surface area contributed by atoms with Crippen LogP contribution in [0.1, 0.15) is 32.1 Å². The highest BCUT2D eigenvalue weighted by Crippen LogP contribution is 2.33. The zero-order valence-electron chi connectivity index (χ0n) is 15.5. The van der Waals surface area contributed by atoms with E-state index in [0.717, 1.165) is 16.8 Å². The zero-order chi connectivity index (χ0) is 22.1. The van der Waals surface area contributed by atoms with Crippen LogP contribution in [0, 0.1) is 6.92 Å². The second-order valence-electron chi connectivity index (χ2n) is 6.32. The van der Waals surface area contributed by atoms with E-state index in [0.29, 0.717) is 0 Å². The summed E-state index contributed by atoms with van der Waals surface area (Å²) < 4.78 is 41.0. The monoisotopic (exact) mass is 416 g/mol. The van der Waals surface area contributed by atoms with Gasteiger partial charge in [-0.15, -0.1) is 0 Å². The lowest BCUT2D eigenvalue weighted by Gasteiger charge is -2.16. The summed E-state index contributed by atoms with van der Waals surface area (Å²) in [7, 11) is 0. The molecule has 0 atom stereocenters. The number of hydrogen-bond donors (Lipinski definition) is 2. The second-order valence-corrected chi connectivity index (χ2v) is 6.32. The fourth-order valence-corrected chi connectivity index (χ4v) is 2.75. The Morgan fingerprint density at radius 3 is 2.30 bits per heavy atom. The lowest BCUT2D eigenvalue weighted by atomic mass is 10.1. The second kappa shape index (κ2) is 7.82. The number of anilines is 1. The minimum atomic E-state index is -4.65. The van der Waals surface area contributed by atoms with Gasteiger partial charge in [0.1, 0.15) is 0 Å². The molecule has 7 nitrogen and oxygen atoms in total. The van der Waals surface area contributed by atoms with E-state index in [1.165, 1.54) is 49.4 Å². The summed E-state index contributed by atoms with van der Waals surface area (Å²) in [6, 6.07) is 11.3. The highest BCUT2D eigenvalue weighted by molar-refractivity contribution is 6.03. The number of amides is 2. The molecule has 3 rings (SSSR count). The Balaban J connectivity index is 2.01.